The van der Waals surface area contributed by atoms with E-state index in [1.807, 2.05) is 49.2 Å². The molecule has 0 aliphatic carbocycles. The Morgan fingerprint density at radius 1 is 1.28 bits per heavy atom. The van der Waals surface area contributed by atoms with Crippen molar-refractivity contribution >= 4 is 28.5 Å². The Hall–Kier alpha value is -2.50. The van der Waals surface area contributed by atoms with Gasteiger partial charge in [-0.1, -0.05) is 0 Å². The molecule has 1 aliphatic heterocycles. The lowest BCUT2D eigenvalue weighted by Gasteiger charge is -2.34. The van der Waals surface area contributed by atoms with Crippen molar-refractivity contribution in [3.05, 3.63) is 30.5 Å². The normalized spacial score (nSPS) is 17.5. The van der Waals surface area contributed by atoms with Crippen LogP contribution in [-0.4, -0.2) is 52.9 Å². The van der Waals surface area contributed by atoms with E-state index in [1.54, 1.807) is 4.90 Å². The van der Waals surface area contributed by atoms with Gasteiger partial charge in [0.05, 0.1) is 5.92 Å². The third kappa shape index (κ3) is 3.78. The number of nitrogens with zero attached hydrogens (tertiary/aromatic N) is 2. The molecule has 6 nitrogen and oxygen atoms in total. The van der Waals surface area contributed by atoms with Gasteiger partial charge >= 0.3 is 6.03 Å². The van der Waals surface area contributed by atoms with E-state index >= 15 is 0 Å². The number of anilines is 1. The SMILES string of the molecule is CCN(CC)C(=O)C1CCCN(C(=O)Nc2ccc3[nH]ccc3c2)C1. The average molecular weight is 342 g/mol. The highest BCUT2D eigenvalue weighted by molar-refractivity contribution is 5.93. The number of carbonyl (C=O) groups excluding carboxylic acids is 2. The molecule has 1 atom stereocenters. The van der Waals surface area contributed by atoms with Gasteiger partial charge in [-0.25, -0.2) is 4.79 Å². The quantitative estimate of drug-likeness (QED) is 0.895. The maximum absolute atomic E-state index is 12.6. The van der Waals surface area contributed by atoms with Gasteiger partial charge < -0.3 is 20.1 Å². The summed E-state index contributed by atoms with van der Waals surface area (Å²) in [6.45, 7) is 6.61. The molecular weight excluding hydrogens is 316 g/mol. The number of likely N-dealkylation sites (tertiary alicyclic amines) is 1. The number of hydrogen-bond donors (Lipinski definition) is 2. The molecule has 6 heteroatoms. The van der Waals surface area contributed by atoms with E-state index in [0.29, 0.717) is 26.2 Å². The molecule has 134 valence electrons. The van der Waals surface area contributed by atoms with Crippen LogP contribution in [0.15, 0.2) is 30.5 Å². The zero-order valence-corrected chi connectivity index (χ0v) is 14.9. The largest absolute Gasteiger partial charge is 0.361 e. The zero-order valence-electron chi connectivity index (χ0n) is 14.9. The van der Waals surface area contributed by atoms with Crippen molar-refractivity contribution in [3.63, 3.8) is 0 Å². The van der Waals surface area contributed by atoms with Gasteiger partial charge in [-0.15, -0.1) is 0 Å². The topological polar surface area (TPSA) is 68.4 Å². The number of aromatic amines is 1. The minimum absolute atomic E-state index is 0.0912. The van der Waals surface area contributed by atoms with Gasteiger partial charge in [-0.2, -0.15) is 0 Å². The standard InChI is InChI=1S/C19H26N4O2/c1-3-22(4-2)18(24)15-6-5-11-23(13-15)19(25)21-16-7-8-17-14(12-16)9-10-20-17/h7-10,12,15,20H,3-6,11,13H2,1-2H3,(H,21,25). The molecule has 1 aromatic heterocycles. The lowest BCUT2D eigenvalue weighted by molar-refractivity contribution is -0.136. The fraction of sp³-hybridized carbons (Fsp3) is 0.474. The summed E-state index contributed by atoms with van der Waals surface area (Å²) in [4.78, 5) is 31.9. The number of H-pyrrole nitrogens is 1. The number of amides is 3. The van der Waals surface area contributed by atoms with E-state index in [9.17, 15) is 9.59 Å². The van der Waals surface area contributed by atoms with Crippen LogP contribution in [0.25, 0.3) is 10.9 Å². The lowest BCUT2D eigenvalue weighted by atomic mass is 9.96. The van der Waals surface area contributed by atoms with Crippen molar-refractivity contribution in [2.75, 3.05) is 31.5 Å². The monoisotopic (exact) mass is 342 g/mol. The lowest BCUT2D eigenvalue weighted by Crippen LogP contribution is -2.47. The maximum Gasteiger partial charge on any atom is 0.321 e. The first-order valence-electron chi connectivity index (χ1n) is 9.04. The van der Waals surface area contributed by atoms with Crippen molar-refractivity contribution in [1.82, 2.24) is 14.8 Å². The fourth-order valence-electron chi connectivity index (χ4n) is 3.49. The van der Waals surface area contributed by atoms with Gasteiger partial charge in [0.25, 0.3) is 0 Å². The van der Waals surface area contributed by atoms with Gasteiger partial charge in [-0.05, 0) is 51.0 Å². The van der Waals surface area contributed by atoms with E-state index in [-0.39, 0.29) is 17.9 Å². The van der Waals surface area contributed by atoms with Crippen LogP contribution in [0.5, 0.6) is 0 Å². The number of urea groups is 1. The number of piperidine rings is 1. The number of nitrogens with one attached hydrogen (secondary N) is 2. The second-order valence-corrected chi connectivity index (χ2v) is 6.51. The Morgan fingerprint density at radius 3 is 2.84 bits per heavy atom. The molecule has 2 aromatic rings. The number of carbonyl (C=O) groups is 2. The summed E-state index contributed by atoms with van der Waals surface area (Å²) in [5.41, 5.74) is 1.81. The number of benzene rings is 1. The molecule has 3 amide bonds. The molecule has 0 spiro atoms. The minimum atomic E-state index is -0.132. The molecular formula is C19H26N4O2. The van der Waals surface area contributed by atoms with E-state index < -0.39 is 0 Å². The predicted octanol–water partition coefficient (Wildman–Crippen LogP) is 3.28. The van der Waals surface area contributed by atoms with Crippen molar-refractivity contribution in [3.8, 4) is 0 Å². The molecule has 0 radical (unpaired) electrons. The van der Waals surface area contributed by atoms with Gasteiger partial charge in [-0.3, -0.25) is 4.79 Å². The van der Waals surface area contributed by atoms with Crippen LogP contribution in [0.3, 0.4) is 0 Å². The average Bonchev–Trinajstić information content (AvgIpc) is 3.10. The molecule has 1 unspecified atom stereocenters. The molecule has 1 saturated heterocycles. The molecule has 2 N–H and O–H groups in total. The van der Waals surface area contributed by atoms with Crippen molar-refractivity contribution in [2.24, 2.45) is 5.92 Å². The van der Waals surface area contributed by atoms with E-state index in [1.165, 1.54) is 0 Å². The molecule has 3 rings (SSSR count). The van der Waals surface area contributed by atoms with Gasteiger partial charge in [0, 0.05) is 49.0 Å². The van der Waals surface area contributed by atoms with Gasteiger partial charge in [0.2, 0.25) is 5.91 Å². The Balaban J connectivity index is 1.64. The third-order valence-corrected chi connectivity index (χ3v) is 4.94. The van der Waals surface area contributed by atoms with Gasteiger partial charge in [0.15, 0.2) is 0 Å². The second-order valence-electron chi connectivity index (χ2n) is 6.51. The highest BCUT2D eigenvalue weighted by atomic mass is 16.2. The minimum Gasteiger partial charge on any atom is -0.361 e. The second kappa shape index (κ2) is 7.59. The van der Waals surface area contributed by atoms with E-state index in [2.05, 4.69) is 10.3 Å². The van der Waals surface area contributed by atoms with Crippen LogP contribution in [0.4, 0.5) is 10.5 Å². The molecule has 1 aromatic carbocycles. The van der Waals surface area contributed by atoms with Crippen LogP contribution < -0.4 is 5.32 Å². The summed E-state index contributed by atoms with van der Waals surface area (Å²) in [6.07, 6.45) is 3.60. The molecule has 2 heterocycles. The Bertz CT molecular complexity index is 751. The first kappa shape index (κ1) is 17.3. The first-order valence-corrected chi connectivity index (χ1v) is 9.04. The summed E-state index contributed by atoms with van der Waals surface area (Å²) in [5, 5.41) is 4.02. The fourth-order valence-corrected chi connectivity index (χ4v) is 3.49. The summed E-state index contributed by atoms with van der Waals surface area (Å²) in [7, 11) is 0. The van der Waals surface area contributed by atoms with E-state index in [4.69, 9.17) is 0 Å². The maximum atomic E-state index is 12.6. The number of hydrogen-bond acceptors (Lipinski definition) is 2. The van der Waals surface area contributed by atoms with Crippen LogP contribution in [0.1, 0.15) is 26.7 Å². The van der Waals surface area contributed by atoms with Crippen LogP contribution in [0, 0.1) is 5.92 Å². The van der Waals surface area contributed by atoms with Crippen molar-refractivity contribution in [2.45, 2.75) is 26.7 Å². The van der Waals surface area contributed by atoms with Crippen LogP contribution >= 0.6 is 0 Å². The number of aromatic nitrogens is 1. The predicted molar refractivity (Wildman–Crippen MR) is 99.5 cm³/mol. The smallest absolute Gasteiger partial charge is 0.321 e. The number of rotatable bonds is 4. The summed E-state index contributed by atoms with van der Waals surface area (Å²) in [6, 6.07) is 7.64. The highest BCUT2D eigenvalue weighted by Crippen LogP contribution is 2.21. The van der Waals surface area contributed by atoms with Crippen molar-refractivity contribution in [1.29, 1.82) is 0 Å². The molecule has 1 fully saturated rings. The molecule has 1 aliphatic rings. The Morgan fingerprint density at radius 2 is 2.08 bits per heavy atom. The summed E-state index contributed by atoms with van der Waals surface area (Å²) in [5.74, 6) is 0.0720. The Kier molecular flexibility index (Phi) is 5.26. The van der Waals surface area contributed by atoms with E-state index in [0.717, 1.165) is 29.4 Å². The first-order chi connectivity index (χ1) is 12.1. The third-order valence-electron chi connectivity index (χ3n) is 4.94. The summed E-state index contributed by atoms with van der Waals surface area (Å²) < 4.78 is 0. The van der Waals surface area contributed by atoms with Crippen LogP contribution in [-0.2, 0) is 4.79 Å². The number of fused-ring (bicyclic) bond motifs is 1. The summed E-state index contributed by atoms with van der Waals surface area (Å²) >= 11 is 0. The Labute approximate surface area is 148 Å². The zero-order chi connectivity index (χ0) is 17.8. The molecule has 25 heavy (non-hydrogen) atoms. The van der Waals surface area contributed by atoms with Gasteiger partial charge in [0.1, 0.15) is 0 Å². The van der Waals surface area contributed by atoms with Crippen LogP contribution in [0.2, 0.25) is 0 Å². The highest BCUT2D eigenvalue weighted by Gasteiger charge is 2.30. The molecule has 0 bridgehead atoms. The molecule has 0 saturated carbocycles. The van der Waals surface area contributed by atoms with Crippen molar-refractivity contribution < 1.29 is 9.59 Å².